The maximum absolute atomic E-state index is 13.5. The van der Waals surface area contributed by atoms with E-state index in [0.29, 0.717) is 5.69 Å². The van der Waals surface area contributed by atoms with Gasteiger partial charge < -0.3 is 4.90 Å². The number of rotatable bonds is 2. The lowest BCUT2D eigenvalue weighted by atomic mass is 10.0. The van der Waals surface area contributed by atoms with Crippen molar-refractivity contribution in [2.24, 2.45) is 0 Å². The molecule has 4 nitrogen and oxygen atoms in total. The van der Waals surface area contributed by atoms with Crippen molar-refractivity contribution in [3.8, 4) is 0 Å². The Balaban J connectivity index is 1.89. The Hall–Kier alpha value is -2.14. The van der Waals surface area contributed by atoms with Crippen LogP contribution in [0.2, 0.25) is 0 Å². The van der Waals surface area contributed by atoms with Crippen LogP contribution in [0.1, 0.15) is 40.7 Å². The van der Waals surface area contributed by atoms with E-state index in [9.17, 15) is 4.79 Å². The molecule has 1 aliphatic rings. The zero-order valence-corrected chi connectivity index (χ0v) is 16.0. The SMILES string of the molecule is CCc1nc2c(C)cc(Br)cn2c1C(=O)N1CCCc2ccccc21. The second kappa shape index (κ2) is 6.30. The Morgan fingerprint density at radius 3 is 2.92 bits per heavy atom. The highest BCUT2D eigenvalue weighted by Gasteiger charge is 2.28. The molecule has 1 aromatic carbocycles. The number of nitrogens with zero attached hydrogens (tertiary/aromatic N) is 3. The summed E-state index contributed by atoms with van der Waals surface area (Å²) in [5.74, 6) is 0.0361. The first-order valence-corrected chi connectivity index (χ1v) is 9.46. The summed E-state index contributed by atoms with van der Waals surface area (Å²) in [7, 11) is 0. The smallest absolute Gasteiger partial charge is 0.277 e. The number of para-hydroxylation sites is 1. The van der Waals surface area contributed by atoms with Crippen LogP contribution in [0, 0.1) is 6.92 Å². The molecule has 128 valence electrons. The number of fused-ring (bicyclic) bond motifs is 2. The third kappa shape index (κ3) is 2.67. The third-order valence-electron chi connectivity index (χ3n) is 4.84. The summed E-state index contributed by atoms with van der Waals surface area (Å²) in [5.41, 5.74) is 5.72. The first kappa shape index (κ1) is 16.3. The highest BCUT2D eigenvalue weighted by molar-refractivity contribution is 9.10. The summed E-state index contributed by atoms with van der Waals surface area (Å²) >= 11 is 3.55. The summed E-state index contributed by atoms with van der Waals surface area (Å²) in [6.45, 7) is 4.82. The first-order chi connectivity index (χ1) is 12.1. The van der Waals surface area contributed by atoms with E-state index in [1.54, 1.807) is 0 Å². The van der Waals surface area contributed by atoms with Crippen molar-refractivity contribution in [3.63, 3.8) is 0 Å². The van der Waals surface area contributed by atoms with Gasteiger partial charge >= 0.3 is 0 Å². The lowest BCUT2D eigenvalue weighted by Crippen LogP contribution is -2.36. The number of hydrogen-bond donors (Lipinski definition) is 0. The molecular formula is C20H20BrN3O. The molecular weight excluding hydrogens is 378 g/mol. The summed E-state index contributed by atoms with van der Waals surface area (Å²) < 4.78 is 2.89. The fourth-order valence-electron chi connectivity index (χ4n) is 3.66. The van der Waals surface area contributed by atoms with E-state index in [1.165, 1.54) is 5.56 Å². The number of aromatic nitrogens is 2. The first-order valence-electron chi connectivity index (χ1n) is 8.67. The van der Waals surface area contributed by atoms with E-state index in [-0.39, 0.29) is 5.91 Å². The molecule has 2 aromatic heterocycles. The van der Waals surface area contributed by atoms with Crippen molar-refractivity contribution in [1.82, 2.24) is 9.38 Å². The number of anilines is 1. The normalized spacial score (nSPS) is 14.0. The molecule has 0 saturated heterocycles. The van der Waals surface area contributed by atoms with Crippen molar-refractivity contribution >= 4 is 33.2 Å². The minimum Gasteiger partial charge on any atom is -0.307 e. The fraction of sp³-hybridized carbons (Fsp3) is 0.300. The highest BCUT2D eigenvalue weighted by Crippen LogP contribution is 2.30. The molecule has 1 amide bonds. The molecule has 0 bridgehead atoms. The van der Waals surface area contributed by atoms with Crippen molar-refractivity contribution in [2.75, 3.05) is 11.4 Å². The van der Waals surface area contributed by atoms with E-state index in [1.807, 2.05) is 53.6 Å². The number of carbonyl (C=O) groups excluding carboxylic acids is 1. The summed E-state index contributed by atoms with van der Waals surface area (Å²) in [6, 6.07) is 10.2. The molecule has 0 unspecified atom stereocenters. The van der Waals surface area contributed by atoms with Crippen LogP contribution in [0.4, 0.5) is 5.69 Å². The quantitative estimate of drug-likeness (QED) is 0.635. The second-order valence-corrected chi connectivity index (χ2v) is 7.40. The minimum atomic E-state index is 0.0361. The maximum Gasteiger partial charge on any atom is 0.277 e. The van der Waals surface area contributed by atoms with Crippen molar-refractivity contribution in [3.05, 3.63) is 63.5 Å². The van der Waals surface area contributed by atoms with Gasteiger partial charge in [0.2, 0.25) is 0 Å². The summed E-state index contributed by atoms with van der Waals surface area (Å²) in [6.07, 6.45) is 4.69. The topological polar surface area (TPSA) is 37.6 Å². The lowest BCUT2D eigenvalue weighted by molar-refractivity contribution is 0.0978. The standard InChI is InChI=1S/C20H20BrN3O/c1-3-16-18(24-12-15(21)11-13(2)19(24)22-16)20(25)23-10-6-8-14-7-4-5-9-17(14)23/h4-5,7,9,11-12H,3,6,8,10H2,1-2H3. The minimum absolute atomic E-state index is 0.0361. The van der Waals surface area contributed by atoms with Gasteiger partial charge in [-0.25, -0.2) is 4.98 Å². The Morgan fingerprint density at radius 2 is 2.12 bits per heavy atom. The average Bonchev–Trinajstić information content (AvgIpc) is 2.99. The summed E-state index contributed by atoms with van der Waals surface area (Å²) in [5, 5.41) is 0. The number of hydrogen-bond acceptors (Lipinski definition) is 2. The number of imidazole rings is 1. The molecule has 3 aromatic rings. The van der Waals surface area contributed by atoms with Crippen LogP contribution in [0.15, 0.2) is 41.0 Å². The lowest BCUT2D eigenvalue weighted by Gasteiger charge is -2.29. The molecule has 0 saturated carbocycles. The average molecular weight is 398 g/mol. The molecule has 0 radical (unpaired) electrons. The predicted octanol–water partition coefficient (Wildman–Crippen LogP) is 4.56. The zero-order chi connectivity index (χ0) is 17.6. The molecule has 25 heavy (non-hydrogen) atoms. The molecule has 0 fully saturated rings. The monoisotopic (exact) mass is 397 g/mol. The largest absolute Gasteiger partial charge is 0.307 e. The Bertz CT molecular complexity index is 976. The Labute approximate surface area is 155 Å². The van der Waals surface area contributed by atoms with Crippen LogP contribution in [-0.4, -0.2) is 21.8 Å². The molecule has 1 aliphatic heterocycles. The van der Waals surface area contributed by atoms with Gasteiger partial charge in [0.15, 0.2) is 0 Å². The van der Waals surface area contributed by atoms with Gasteiger partial charge in [0.05, 0.1) is 5.69 Å². The van der Waals surface area contributed by atoms with Gasteiger partial charge in [-0.1, -0.05) is 25.1 Å². The predicted molar refractivity (Wildman–Crippen MR) is 103 cm³/mol. The summed E-state index contributed by atoms with van der Waals surface area (Å²) in [4.78, 5) is 20.1. The van der Waals surface area contributed by atoms with E-state index >= 15 is 0 Å². The van der Waals surface area contributed by atoms with Gasteiger partial charge in [-0.2, -0.15) is 0 Å². The van der Waals surface area contributed by atoms with Crippen LogP contribution in [0.3, 0.4) is 0 Å². The second-order valence-electron chi connectivity index (χ2n) is 6.48. The molecule has 3 heterocycles. The van der Waals surface area contributed by atoms with Gasteiger partial charge in [0, 0.05) is 22.9 Å². The molecule has 0 N–H and O–H groups in total. The van der Waals surface area contributed by atoms with Crippen LogP contribution in [0.5, 0.6) is 0 Å². The van der Waals surface area contributed by atoms with Gasteiger partial charge in [-0.15, -0.1) is 0 Å². The molecule has 0 aliphatic carbocycles. The maximum atomic E-state index is 13.5. The van der Waals surface area contributed by atoms with Gasteiger partial charge in [0.1, 0.15) is 11.3 Å². The van der Waals surface area contributed by atoms with Crippen LogP contribution in [0.25, 0.3) is 5.65 Å². The number of carbonyl (C=O) groups is 1. The molecule has 4 rings (SSSR count). The van der Waals surface area contributed by atoms with E-state index in [0.717, 1.165) is 52.9 Å². The number of amides is 1. The molecule has 0 atom stereocenters. The van der Waals surface area contributed by atoms with Crippen molar-refractivity contribution in [2.45, 2.75) is 33.1 Å². The number of pyridine rings is 1. The van der Waals surface area contributed by atoms with Gasteiger partial charge in [0.25, 0.3) is 5.91 Å². The van der Waals surface area contributed by atoms with E-state index in [4.69, 9.17) is 4.98 Å². The van der Waals surface area contributed by atoms with Gasteiger partial charge in [-0.05, 0) is 65.4 Å². The Morgan fingerprint density at radius 1 is 1.32 bits per heavy atom. The molecule has 0 spiro atoms. The van der Waals surface area contributed by atoms with Crippen LogP contribution < -0.4 is 4.90 Å². The van der Waals surface area contributed by atoms with E-state index < -0.39 is 0 Å². The fourth-order valence-corrected chi connectivity index (χ4v) is 4.21. The van der Waals surface area contributed by atoms with Crippen LogP contribution in [-0.2, 0) is 12.8 Å². The third-order valence-corrected chi connectivity index (χ3v) is 5.27. The number of benzene rings is 1. The number of halogens is 1. The van der Waals surface area contributed by atoms with Crippen LogP contribution >= 0.6 is 15.9 Å². The zero-order valence-electron chi connectivity index (χ0n) is 14.4. The Kier molecular flexibility index (Phi) is 4.12. The van der Waals surface area contributed by atoms with E-state index in [2.05, 4.69) is 22.0 Å². The number of aryl methyl sites for hydroxylation is 3. The van der Waals surface area contributed by atoms with Gasteiger partial charge in [-0.3, -0.25) is 9.20 Å². The van der Waals surface area contributed by atoms with Crippen molar-refractivity contribution < 1.29 is 4.79 Å². The molecule has 5 heteroatoms. The van der Waals surface area contributed by atoms with Crippen molar-refractivity contribution in [1.29, 1.82) is 0 Å². The highest BCUT2D eigenvalue weighted by atomic mass is 79.9.